The molecule has 0 saturated heterocycles. The molecule has 0 heterocycles. The minimum atomic E-state index is -1.98. The smallest absolute Gasteiger partial charge is 1.00 e. The van der Waals surface area contributed by atoms with E-state index < -0.39 is 20.0 Å². The second kappa shape index (κ2) is 10.4. The monoisotopic (exact) mass is 402 g/mol. The Labute approximate surface area is 161 Å². The van der Waals surface area contributed by atoms with Gasteiger partial charge in [-0.3, -0.25) is 4.39 Å². The maximum atomic E-state index is 13.2. The van der Waals surface area contributed by atoms with E-state index in [-0.39, 0.29) is 40.0 Å². The molecule has 0 aliphatic rings. The summed E-state index contributed by atoms with van der Waals surface area (Å²) in [6.45, 7) is 13.5. The Morgan fingerprint density at radius 2 is 1.45 bits per heavy atom. The van der Waals surface area contributed by atoms with Gasteiger partial charge >= 0.3 is 23.1 Å². The van der Waals surface area contributed by atoms with Crippen molar-refractivity contribution in [3.05, 3.63) is 35.4 Å². The first kappa shape index (κ1) is 24.8. The minimum absolute atomic E-state index is 0. The van der Waals surface area contributed by atoms with Gasteiger partial charge in [-0.25, -0.2) is 4.39 Å². The maximum Gasteiger partial charge on any atom is 2.00 e. The van der Waals surface area contributed by atoms with Gasteiger partial charge < -0.3 is 21.4 Å². The van der Waals surface area contributed by atoms with Crippen LogP contribution < -0.4 is 17.0 Å². The van der Waals surface area contributed by atoms with Crippen LogP contribution >= 0.6 is 0 Å². The molecule has 1 aromatic carbocycles. The average molecular weight is 404 g/mol. The van der Waals surface area contributed by atoms with Crippen LogP contribution in [-0.2, 0) is 11.0 Å². The SMILES string of the molecule is CC(C)[Si](OCc1[c-]cc(F)c(F)c1)(C(C)C)C(C)C.[Br-].[Mg+2]. The molecule has 0 aromatic heterocycles. The molecule has 0 aliphatic heterocycles. The van der Waals surface area contributed by atoms with Crippen molar-refractivity contribution in [3.8, 4) is 0 Å². The molecule has 6 heteroatoms. The first-order chi connectivity index (χ1) is 9.21. The van der Waals surface area contributed by atoms with Gasteiger partial charge in [-0.1, -0.05) is 41.5 Å². The molecule has 0 saturated carbocycles. The molecule has 1 rings (SSSR count). The third kappa shape index (κ3) is 5.54. The first-order valence-electron chi connectivity index (χ1n) is 7.21. The summed E-state index contributed by atoms with van der Waals surface area (Å²) in [4.78, 5) is 0. The molecule has 0 bridgehead atoms. The Kier molecular flexibility index (Phi) is 11.7. The van der Waals surface area contributed by atoms with Crippen LogP contribution in [-0.4, -0.2) is 31.4 Å². The molecule has 1 aromatic rings. The number of rotatable bonds is 6. The fourth-order valence-corrected chi connectivity index (χ4v) is 8.68. The van der Waals surface area contributed by atoms with E-state index in [0.29, 0.717) is 28.8 Å². The minimum Gasteiger partial charge on any atom is -1.00 e. The molecule has 22 heavy (non-hydrogen) atoms. The van der Waals surface area contributed by atoms with Crippen LogP contribution in [0.3, 0.4) is 0 Å². The Hall–Kier alpha value is 0.503. The number of hydrogen-bond acceptors (Lipinski definition) is 1. The van der Waals surface area contributed by atoms with Crippen molar-refractivity contribution in [1.82, 2.24) is 0 Å². The van der Waals surface area contributed by atoms with Gasteiger partial charge in [-0.05, 0) is 16.6 Å². The van der Waals surface area contributed by atoms with E-state index in [0.717, 1.165) is 6.07 Å². The second-order valence-electron chi connectivity index (χ2n) is 6.26. The molecular formula is C16H25BrF2MgOSi. The van der Waals surface area contributed by atoms with Crippen molar-refractivity contribution in [2.75, 3.05) is 0 Å². The van der Waals surface area contributed by atoms with Crippen molar-refractivity contribution < 1.29 is 30.2 Å². The van der Waals surface area contributed by atoms with E-state index in [2.05, 4.69) is 47.6 Å². The van der Waals surface area contributed by atoms with Gasteiger partial charge in [0.1, 0.15) is 0 Å². The normalized spacial score (nSPS) is 11.6. The van der Waals surface area contributed by atoms with Crippen molar-refractivity contribution in [2.24, 2.45) is 0 Å². The van der Waals surface area contributed by atoms with Crippen LogP contribution in [0.5, 0.6) is 0 Å². The van der Waals surface area contributed by atoms with Crippen LogP contribution in [0, 0.1) is 17.7 Å². The average Bonchev–Trinajstić information content (AvgIpc) is 2.33. The molecule has 0 aliphatic carbocycles. The third-order valence-corrected chi connectivity index (χ3v) is 10.2. The molecule has 122 valence electrons. The summed E-state index contributed by atoms with van der Waals surface area (Å²) >= 11 is 0. The van der Waals surface area contributed by atoms with Crippen molar-refractivity contribution in [3.63, 3.8) is 0 Å². The number of benzene rings is 1. The zero-order valence-electron chi connectivity index (χ0n) is 14.3. The summed E-state index contributed by atoms with van der Waals surface area (Å²) < 4.78 is 32.5. The van der Waals surface area contributed by atoms with Crippen molar-refractivity contribution in [2.45, 2.75) is 64.8 Å². The van der Waals surface area contributed by atoms with Crippen LogP contribution in [0.1, 0.15) is 47.1 Å². The topological polar surface area (TPSA) is 9.23 Å². The van der Waals surface area contributed by atoms with E-state index in [9.17, 15) is 8.78 Å². The summed E-state index contributed by atoms with van der Waals surface area (Å²) in [7, 11) is -1.98. The van der Waals surface area contributed by atoms with Crippen LogP contribution in [0.25, 0.3) is 0 Å². The quantitative estimate of drug-likeness (QED) is 0.522. The predicted octanol–water partition coefficient (Wildman–Crippen LogP) is 2.08. The zero-order chi connectivity index (χ0) is 15.5. The Morgan fingerprint density at radius 1 is 1.00 bits per heavy atom. The number of halogens is 3. The third-order valence-electron chi connectivity index (χ3n) is 4.10. The summed E-state index contributed by atoms with van der Waals surface area (Å²) in [5.74, 6) is -1.71. The van der Waals surface area contributed by atoms with Crippen LogP contribution in [0.4, 0.5) is 8.78 Å². The molecule has 0 fully saturated rings. The summed E-state index contributed by atoms with van der Waals surface area (Å²) in [5, 5.41) is 0. The van der Waals surface area contributed by atoms with E-state index >= 15 is 0 Å². The van der Waals surface area contributed by atoms with Gasteiger partial charge in [0.25, 0.3) is 0 Å². The number of hydrogen-bond donors (Lipinski definition) is 0. The van der Waals surface area contributed by atoms with Gasteiger partial charge in [0, 0.05) is 18.2 Å². The summed E-state index contributed by atoms with van der Waals surface area (Å²) in [6.07, 6.45) is 0. The first-order valence-corrected chi connectivity index (χ1v) is 9.35. The molecular weight excluding hydrogens is 378 g/mol. The van der Waals surface area contributed by atoms with Crippen LogP contribution in [0.15, 0.2) is 12.1 Å². The van der Waals surface area contributed by atoms with E-state index in [1.54, 1.807) is 0 Å². The molecule has 0 amide bonds. The fourth-order valence-electron chi connectivity index (χ4n) is 3.27. The molecule has 0 spiro atoms. The van der Waals surface area contributed by atoms with Gasteiger partial charge in [0.05, 0.1) is 0 Å². The molecule has 1 nitrogen and oxygen atoms in total. The Morgan fingerprint density at radius 3 is 1.82 bits per heavy atom. The maximum absolute atomic E-state index is 13.2. The van der Waals surface area contributed by atoms with Gasteiger partial charge in [0.15, 0.2) is 0 Å². The Balaban J connectivity index is 0. The van der Waals surface area contributed by atoms with Crippen molar-refractivity contribution in [1.29, 1.82) is 0 Å². The van der Waals surface area contributed by atoms with Crippen molar-refractivity contribution >= 4 is 31.4 Å². The zero-order valence-corrected chi connectivity index (χ0v) is 18.3. The molecule has 0 N–H and O–H groups in total. The predicted molar refractivity (Wildman–Crippen MR) is 86.8 cm³/mol. The van der Waals surface area contributed by atoms with E-state index in [4.69, 9.17) is 4.43 Å². The van der Waals surface area contributed by atoms with Crippen LogP contribution in [0.2, 0.25) is 16.6 Å². The standard InChI is InChI=1S/C16H25F2OSi.BrH.Mg/c1-11(2)20(12(3)4,13(5)6)19-10-14-7-8-15(17)16(18)9-14;;/h8-9,11-13H,10H2,1-6H3;1H;/q-1;;+2/p-1. The van der Waals surface area contributed by atoms with Gasteiger partial charge in [-0.2, -0.15) is 6.07 Å². The van der Waals surface area contributed by atoms with Gasteiger partial charge in [0.2, 0.25) is 8.32 Å². The van der Waals surface area contributed by atoms with E-state index in [1.165, 1.54) is 6.07 Å². The summed E-state index contributed by atoms with van der Waals surface area (Å²) in [6, 6.07) is 4.96. The largest absolute Gasteiger partial charge is 2.00 e. The fraction of sp³-hybridized carbons (Fsp3) is 0.625. The molecule has 0 atom stereocenters. The molecule has 0 unspecified atom stereocenters. The molecule has 0 radical (unpaired) electrons. The summed E-state index contributed by atoms with van der Waals surface area (Å²) in [5.41, 5.74) is 1.97. The second-order valence-corrected chi connectivity index (χ2v) is 11.7. The van der Waals surface area contributed by atoms with E-state index in [1.807, 2.05) is 0 Å². The Bertz CT molecular complexity index is 434. The van der Waals surface area contributed by atoms with Gasteiger partial charge in [-0.15, -0.1) is 17.7 Å².